The first-order chi connectivity index (χ1) is 24.1. The van der Waals surface area contributed by atoms with Crippen LogP contribution in [0.5, 0.6) is 0 Å². The number of hydrogen-bond acceptors (Lipinski definition) is 2. The van der Waals surface area contributed by atoms with Crippen LogP contribution < -0.4 is 11.5 Å². The molecule has 49 heavy (non-hydrogen) atoms. The number of rotatable bonds is 8. The van der Waals surface area contributed by atoms with E-state index >= 15 is 0 Å². The molecule has 0 aliphatic rings. The van der Waals surface area contributed by atoms with Crippen molar-refractivity contribution in [3.63, 3.8) is 0 Å². The van der Waals surface area contributed by atoms with Gasteiger partial charge in [0.25, 0.3) is 0 Å². The zero-order valence-corrected chi connectivity index (χ0v) is 27.0. The van der Waals surface area contributed by atoms with Crippen LogP contribution in [0.2, 0.25) is 0 Å². The Labute approximate surface area is 286 Å². The van der Waals surface area contributed by atoms with E-state index in [1.165, 1.54) is 21.9 Å². The minimum absolute atomic E-state index is 0.415. The smallest absolute Gasteiger partial charge is 0.126 e. The zero-order chi connectivity index (χ0) is 33.2. The van der Waals surface area contributed by atoms with Gasteiger partial charge in [-0.2, -0.15) is 0 Å². The van der Waals surface area contributed by atoms with E-state index in [4.69, 9.17) is 16.5 Å². The number of nitrogens with two attached hydrogens (primary N) is 2. The summed E-state index contributed by atoms with van der Waals surface area (Å²) in [5.41, 5.74) is 24.7. The molecule has 0 bridgehead atoms. The summed E-state index contributed by atoms with van der Waals surface area (Å²) in [5.74, 6) is 0.450. The van der Waals surface area contributed by atoms with E-state index in [0.717, 1.165) is 44.5 Å². The van der Waals surface area contributed by atoms with E-state index in [0.29, 0.717) is 5.84 Å². The fourth-order valence-corrected chi connectivity index (χ4v) is 6.81. The average Bonchev–Trinajstić information content (AvgIpc) is 3.51. The molecule has 8 rings (SSSR count). The lowest BCUT2D eigenvalue weighted by atomic mass is 9.94. The van der Waals surface area contributed by atoms with Crippen molar-refractivity contribution >= 4 is 27.6 Å². The number of nitrogens with zero attached hydrogens (tertiary/aromatic N) is 2. The molecule has 0 fully saturated rings. The lowest BCUT2D eigenvalue weighted by molar-refractivity contribution is 0.576. The molecule has 0 aliphatic heterocycles. The van der Waals surface area contributed by atoms with Gasteiger partial charge in [-0.3, -0.25) is 4.99 Å². The molecule has 0 radical (unpaired) electrons. The first kappa shape index (κ1) is 30.1. The summed E-state index contributed by atoms with van der Waals surface area (Å²) in [6, 6.07) is 62.3. The van der Waals surface area contributed by atoms with E-state index < -0.39 is 12.1 Å². The van der Waals surface area contributed by atoms with E-state index in [1.807, 2.05) is 48.5 Å². The first-order valence-electron chi connectivity index (χ1n) is 16.6. The predicted octanol–water partition coefficient (Wildman–Crippen LogP) is 10.3. The van der Waals surface area contributed by atoms with Gasteiger partial charge < -0.3 is 16.0 Å². The molecular weight excluding hydrogens is 597 g/mol. The monoisotopic (exact) mass is 632 g/mol. The number of benzene rings is 7. The van der Waals surface area contributed by atoms with Crippen LogP contribution in [0.25, 0.3) is 49.7 Å². The van der Waals surface area contributed by atoms with E-state index in [1.54, 1.807) is 0 Å². The van der Waals surface area contributed by atoms with Crippen LogP contribution in [0, 0.1) is 0 Å². The maximum Gasteiger partial charge on any atom is 0.126 e. The normalized spacial score (nSPS) is 13.0. The van der Waals surface area contributed by atoms with Crippen LogP contribution in [0.1, 0.15) is 28.8 Å². The highest BCUT2D eigenvalue weighted by Crippen LogP contribution is 2.37. The molecule has 1 heterocycles. The number of aromatic nitrogens is 1. The highest BCUT2D eigenvalue weighted by molar-refractivity contribution is 6.10. The van der Waals surface area contributed by atoms with Crippen LogP contribution in [-0.2, 0) is 0 Å². The van der Waals surface area contributed by atoms with Gasteiger partial charge in [-0.1, -0.05) is 158 Å². The van der Waals surface area contributed by atoms with Gasteiger partial charge in [0.2, 0.25) is 0 Å². The quantitative estimate of drug-likeness (QED) is 0.129. The molecule has 0 spiro atoms. The van der Waals surface area contributed by atoms with Crippen LogP contribution in [0.3, 0.4) is 0 Å². The summed E-state index contributed by atoms with van der Waals surface area (Å²) in [6.45, 7) is 0. The van der Waals surface area contributed by atoms with Gasteiger partial charge in [0.1, 0.15) is 5.84 Å². The first-order valence-corrected chi connectivity index (χ1v) is 16.6. The van der Waals surface area contributed by atoms with Crippen molar-refractivity contribution in [2.75, 3.05) is 0 Å². The Morgan fingerprint density at radius 3 is 1.73 bits per heavy atom. The molecule has 4 nitrogen and oxygen atoms in total. The van der Waals surface area contributed by atoms with Gasteiger partial charge >= 0.3 is 0 Å². The van der Waals surface area contributed by atoms with Crippen molar-refractivity contribution in [1.82, 2.24) is 4.57 Å². The maximum absolute atomic E-state index is 7.06. The van der Waals surface area contributed by atoms with Gasteiger partial charge in [0.05, 0.1) is 23.1 Å². The molecule has 7 aromatic carbocycles. The van der Waals surface area contributed by atoms with Crippen molar-refractivity contribution in [3.8, 4) is 27.9 Å². The van der Waals surface area contributed by atoms with Crippen molar-refractivity contribution in [1.29, 1.82) is 0 Å². The van der Waals surface area contributed by atoms with E-state index in [-0.39, 0.29) is 0 Å². The van der Waals surface area contributed by atoms with Crippen LogP contribution in [0.4, 0.5) is 0 Å². The highest BCUT2D eigenvalue weighted by atomic mass is 15.0. The van der Waals surface area contributed by atoms with Gasteiger partial charge in [0.15, 0.2) is 0 Å². The molecule has 0 amide bonds. The maximum atomic E-state index is 7.06. The third kappa shape index (κ3) is 5.91. The summed E-state index contributed by atoms with van der Waals surface area (Å²) < 4.78 is 2.35. The van der Waals surface area contributed by atoms with Crippen LogP contribution in [-0.4, -0.2) is 10.4 Å². The summed E-state index contributed by atoms with van der Waals surface area (Å²) >= 11 is 0. The van der Waals surface area contributed by atoms with Crippen molar-refractivity contribution in [3.05, 3.63) is 199 Å². The SMILES string of the molecule is NC(=NC(c1cccc(-n2c3ccccc3c3ccc(-c4ccccc4)cc32)c1)[C@@H](N)c1ccccc1)c1ccc(-c2ccccc2)cc1. The molecule has 2 atom stereocenters. The van der Waals surface area contributed by atoms with E-state index in [9.17, 15) is 0 Å². The lowest BCUT2D eigenvalue weighted by Crippen LogP contribution is -2.23. The molecule has 1 unspecified atom stereocenters. The molecule has 0 saturated carbocycles. The number of aliphatic imine (C=N–C) groups is 1. The van der Waals surface area contributed by atoms with E-state index in [2.05, 4.69) is 138 Å². The Morgan fingerprint density at radius 2 is 1.02 bits per heavy atom. The fraction of sp³-hybridized carbons (Fsp3) is 0.0444. The number of para-hydroxylation sites is 1. The molecule has 0 saturated heterocycles. The Hall–Kier alpha value is -6.23. The van der Waals surface area contributed by atoms with Crippen molar-refractivity contribution in [2.45, 2.75) is 12.1 Å². The van der Waals surface area contributed by atoms with Crippen molar-refractivity contribution in [2.24, 2.45) is 16.5 Å². The predicted molar refractivity (Wildman–Crippen MR) is 205 cm³/mol. The van der Waals surface area contributed by atoms with Crippen LogP contribution >= 0.6 is 0 Å². The Morgan fingerprint density at radius 1 is 0.469 bits per heavy atom. The summed E-state index contributed by atoms with van der Waals surface area (Å²) in [7, 11) is 0. The minimum Gasteiger partial charge on any atom is -0.383 e. The van der Waals surface area contributed by atoms with Crippen molar-refractivity contribution < 1.29 is 0 Å². The zero-order valence-electron chi connectivity index (χ0n) is 27.0. The third-order valence-electron chi connectivity index (χ3n) is 9.34. The Kier molecular flexibility index (Phi) is 8.06. The lowest BCUT2D eigenvalue weighted by Gasteiger charge is -2.23. The second-order valence-corrected chi connectivity index (χ2v) is 12.4. The summed E-state index contributed by atoms with van der Waals surface area (Å²) in [4.78, 5) is 5.16. The minimum atomic E-state index is -0.427. The average molecular weight is 633 g/mol. The molecule has 236 valence electrons. The second kappa shape index (κ2) is 13.1. The van der Waals surface area contributed by atoms with Gasteiger partial charge in [-0.25, -0.2) is 0 Å². The summed E-state index contributed by atoms with van der Waals surface area (Å²) in [6.07, 6.45) is 0. The largest absolute Gasteiger partial charge is 0.383 e. The summed E-state index contributed by atoms with van der Waals surface area (Å²) in [5, 5.41) is 2.42. The molecule has 8 aromatic rings. The van der Waals surface area contributed by atoms with Gasteiger partial charge in [0, 0.05) is 22.0 Å². The topological polar surface area (TPSA) is 69.3 Å². The molecule has 4 heteroatoms. The Bertz CT molecular complexity index is 2390. The molecule has 4 N–H and O–H groups in total. The van der Waals surface area contributed by atoms with Gasteiger partial charge in [-0.05, 0) is 57.6 Å². The Balaban J connectivity index is 1.24. The highest BCUT2D eigenvalue weighted by Gasteiger charge is 2.23. The molecule has 1 aromatic heterocycles. The molecule has 0 aliphatic carbocycles. The standard InChI is InChI=1S/C45H36N4/c46-43(34-17-8-3-9-18-34)44(48-45(47)35-25-23-33(24-26-35)31-13-4-1-5-14-31)37-19-12-20-38(29-37)49-41-22-11-10-21-39(41)40-28-27-36(30-42(40)49)32-15-6-2-7-16-32/h1-30,43-44H,46H2,(H2,47,48)/t43-,44?/m0/s1. The number of hydrogen-bond donors (Lipinski definition) is 2. The third-order valence-corrected chi connectivity index (χ3v) is 9.34. The fourth-order valence-electron chi connectivity index (χ4n) is 6.81. The number of amidine groups is 1. The second-order valence-electron chi connectivity index (χ2n) is 12.4. The van der Waals surface area contributed by atoms with Crippen LogP contribution in [0.15, 0.2) is 187 Å². The molecular formula is C45H36N4. The number of fused-ring (bicyclic) bond motifs is 3. The van der Waals surface area contributed by atoms with Gasteiger partial charge in [-0.15, -0.1) is 0 Å².